The van der Waals surface area contributed by atoms with Crippen molar-refractivity contribution in [3.63, 3.8) is 0 Å². The lowest BCUT2D eigenvalue weighted by atomic mass is 10.0. The molecule has 0 aliphatic carbocycles. The van der Waals surface area contributed by atoms with E-state index in [0.29, 0.717) is 11.5 Å². The van der Waals surface area contributed by atoms with Crippen LogP contribution < -0.4 is 5.32 Å². The van der Waals surface area contributed by atoms with Gasteiger partial charge in [0, 0.05) is 5.56 Å². The van der Waals surface area contributed by atoms with E-state index in [0.717, 1.165) is 17.7 Å². The van der Waals surface area contributed by atoms with Gasteiger partial charge in [-0.2, -0.15) is 0 Å². The molecule has 130 valence electrons. The van der Waals surface area contributed by atoms with E-state index >= 15 is 0 Å². The second kappa shape index (κ2) is 7.09. The summed E-state index contributed by atoms with van der Waals surface area (Å²) >= 11 is 0. The summed E-state index contributed by atoms with van der Waals surface area (Å²) in [4.78, 5) is 14.1. The maximum absolute atomic E-state index is 14.1. The summed E-state index contributed by atoms with van der Waals surface area (Å²) in [5.74, 6) is -1.42. The number of carbonyl (C=O) groups excluding carboxylic acids is 1. The number of rotatable bonds is 5. The molecule has 1 heterocycles. The molecule has 1 N–H and O–H groups in total. The predicted molar refractivity (Wildman–Crippen MR) is 85.3 cm³/mol. The van der Waals surface area contributed by atoms with Gasteiger partial charge in [0.1, 0.15) is 23.4 Å². The fourth-order valence-electron chi connectivity index (χ4n) is 2.87. The Bertz CT molecular complexity index is 704. The minimum absolute atomic E-state index is 0.272. The highest BCUT2D eigenvalue weighted by Gasteiger charge is 2.30. The molecule has 0 saturated heterocycles. The van der Waals surface area contributed by atoms with Crippen LogP contribution in [0.25, 0.3) is 0 Å². The van der Waals surface area contributed by atoms with Crippen molar-refractivity contribution >= 4 is 5.91 Å². The lowest BCUT2D eigenvalue weighted by molar-refractivity contribution is -0.126. The molecule has 0 aliphatic rings. The number of likely N-dealkylation sites (N-methyl/N-ethyl adjacent to an activating group) is 1. The number of amides is 1. The molecule has 0 radical (unpaired) electrons. The van der Waals surface area contributed by atoms with E-state index < -0.39 is 29.6 Å². The lowest BCUT2D eigenvalue weighted by Crippen LogP contribution is -2.39. The van der Waals surface area contributed by atoms with Crippen LogP contribution in [0.3, 0.4) is 0 Å². The number of nitrogens with one attached hydrogen (secondary N) is 1. The van der Waals surface area contributed by atoms with Crippen LogP contribution in [0, 0.1) is 25.5 Å². The van der Waals surface area contributed by atoms with Gasteiger partial charge < -0.3 is 9.84 Å². The van der Waals surface area contributed by atoms with Crippen molar-refractivity contribution in [2.75, 3.05) is 14.1 Å². The Balaban J connectivity index is 2.31. The lowest BCUT2D eigenvalue weighted by Gasteiger charge is -2.26. The van der Waals surface area contributed by atoms with Crippen LogP contribution in [0.2, 0.25) is 0 Å². The number of aromatic nitrogens is 1. The molecule has 7 heteroatoms. The Morgan fingerprint density at radius 3 is 2.25 bits per heavy atom. The van der Waals surface area contributed by atoms with Crippen molar-refractivity contribution in [2.24, 2.45) is 0 Å². The van der Waals surface area contributed by atoms with Gasteiger partial charge in [0.2, 0.25) is 5.91 Å². The molecular formula is C17H21F2N3O2. The Morgan fingerprint density at radius 1 is 1.21 bits per heavy atom. The zero-order valence-electron chi connectivity index (χ0n) is 14.4. The number of carbonyl (C=O) groups is 1. The van der Waals surface area contributed by atoms with Crippen molar-refractivity contribution in [1.82, 2.24) is 15.4 Å². The maximum atomic E-state index is 14.1. The van der Waals surface area contributed by atoms with Gasteiger partial charge in [-0.25, -0.2) is 8.78 Å². The zero-order chi connectivity index (χ0) is 18.0. The summed E-state index contributed by atoms with van der Waals surface area (Å²) in [6, 6.07) is 2.06. The van der Waals surface area contributed by atoms with Crippen LogP contribution >= 0.6 is 0 Å². The third-order valence-corrected chi connectivity index (χ3v) is 3.92. The summed E-state index contributed by atoms with van der Waals surface area (Å²) in [5, 5.41) is 6.64. The highest BCUT2D eigenvalue weighted by atomic mass is 19.1. The summed E-state index contributed by atoms with van der Waals surface area (Å²) in [6.45, 7) is 5.29. The first kappa shape index (κ1) is 18.1. The molecule has 1 aromatic heterocycles. The topological polar surface area (TPSA) is 58.4 Å². The van der Waals surface area contributed by atoms with Crippen LogP contribution in [0.5, 0.6) is 0 Å². The van der Waals surface area contributed by atoms with E-state index in [1.807, 2.05) is 0 Å². The molecule has 0 unspecified atom stereocenters. The van der Waals surface area contributed by atoms with Crippen molar-refractivity contribution < 1.29 is 18.1 Å². The smallest absolute Gasteiger partial charge is 0.242 e. The van der Waals surface area contributed by atoms with Crippen molar-refractivity contribution in [3.8, 4) is 0 Å². The number of aryl methyl sites for hydroxylation is 2. The van der Waals surface area contributed by atoms with Crippen LogP contribution in [0.4, 0.5) is 8.78 Å². The van der Waals surface area contributed by atoms with Gasteiger partial charge >= 0.3 is 0 Å². The third kappa shape index (κ3) is 3.46. The second-order valence-electron chi connectivity index (χ2n) is 5.97. The average molecular weight is 337 g/mol. The first-order valence-corrected chi connectivity index (χ1v) is 7.57. The van der Waals surface area contributed by atoms with Crippen LogP contribution in [0.15, 0.2) is 22.7 Å². The Hall–Kier alpha value is -2.28. The van der Waals surface area contributed by atoms with Gasteiger partial charge in [0.05, 0.1) is 17.3 Å². The highest BCUT2D eigenvalue weighted by molar-refractivity contribution is 5.83. The highest BCUT2D eigenvalue weighted by Crippen LogP contribution is 2.27. The van der Waals surface area contributed by atoms with Gasteiger partial charge in [-0.15, -0.1) is 0 Å². The number of halogens is 2. The van der Waals surface area contributed by atoms with Crippen molar-refractivity contribution in [1.29, 1.82) is 0 Å². The number of hydrogen-bond donors (Lipinski definition) is 1. The van der Waals surface area contributed by atoms with E-state index in [-0.39, 0.29) is 5.56 Å². The predicted octanol–water partition coefficient (Wildman–Crippen LogP) is 3.05. The zero-order valence-corrected chi connectivity index (χ0v) is 14.4. The van der Waals surface area contributed by atoms with Crippen molar-refractivity contribution in [2.45, 2.75) is 32.9 Å². The van der Waals surface area contributed by atoms with Gasteiger partial charge in [-0.05, 0) is 47.0 Å². The average Bonchev–Trinajstić information content (AvgIpc) is 2.81. The molecule has 1 aromatic carbocycles. The van der Waals surface area contributed by atoms with Crippen LogP contribution in [0.1, 0.15) is 41.6 Å². The number of nitrogens with zero attached hydrogens (tertiary/aromatic N) is 2. The van der Waals surface area contributed by atoms with Gasteiger partial charge in [0.15, 0.2) is 0 Å². The molecule has 5 nitrogen and oxygen atoms in total. The van der Waals surface area contributed by atoms with E-state index in [1.54, 1.807) is 34.9 Å². The molecule has 0 saturated carbocycles. The molecule has 2 rings (SSSR count). The standard InChI is InChI=1S/C17H21F2N3O2/c1-9(14-10(2)21-24-11(14)3)20-17(23)16(22(4)5)15-12(18)7-6-8-13(15)19/h6-9,16H,1-5H3,(H,20,23)/t9-,16+/m0/s1. The summed E-state index contributed by atoms with van der Waals surface area (Å²) in [6.07, 6.45) is 0. The minimum atomic E-state index is -1.09. The fourth-order valence-corrected chi connectivity index (χ4v) is 2.87. The fraction of sp³-hybridized carbons (Fsp3) is 0.412. The first-order valence-electron chi connectivity index (χ1n) is 7.57. The molecule has 0 bridgehead atoms. The van der Waals surface area contributed by atoms with E-state index in [1.165, 1.54) is 11.0 Å². The van der Waals surface area contributed by atoms with E-state index in [2.05, 4.69) is 10.5 Å². The third-order valence-electron chi connectivity index (χ3n) is 3.92. The summed E-state index contributed by atoms with van der Waals surface area (Å²) in [7, 11) is 3.19. The quantitative estimate of drug-likeness (QED) is 0.911. The van der Waals surface area contributed by atoms with E-state index in [9.17, 15) is 13.6 Å². The van der Waals surface area contributed by atoms with E-state index in [4.69, 9.17) is 4.52 Å². The Kier molecular flexibility index (Phi) is 5.33. The van der Waals surface area contributed by atoms with Gasteiger partial charge in [0.25, 0.3) is 0 Å². The van der Waals surface area contributed by atoms with Crippen LogP contribution in [-0.4, -0.2) is 30.1 Å². The molecular weight excluding hydrogens is 316 g/mol. The van der Waals surface area contributed by atoms with Crippen LogP contribution in [-0.2, 0) is 4.79 Å². The van der Waals surface area contributed by atoms with Crippen molar-refractivity contribution in [3.05, 3.63) is 52.4 Å². The molecule has 0 aliphatic heterocycles. The normalized spacial score (nSPS) is 13.8. The second-order valence-corrected chi connectivity index (χ2v) is 5.97. The maximum Gasteiger partial charge on any atom is 0.242 e. The number of hydrogen-bond acceptors (Lipinski definition) is 4. The molecule has 2 aromatic rings. The summed E-state index contributed by atoms with van der Waals surface area (Å²) < 4.78 is 33.3. The minimum Gasteiger partial charge on any atom is -0.361 e. The Labute approximate surface area is 139 Å². The van der Waals surface area contributed by atoms with Gasteiger partial charge in [-0.1, -0.05) is 11.2 Å². The molecule has 0 fully saturated rings. The van der Waals surface area contributed by atoms with Gasteiger partial charge in [-0.3, -0.25) is 9.69 Å². The summed E-state index contributed by atoms with van der Waals surface area (Å²) in [5.41, 5.74) is 1.15. The molecule has 1 amide bonds. The molecule has 24 heavy (non-hydrogen) atoms. The SMILES string of the molecule is Cc1noc(C)c1[C@H](C)NC(=O)[C@@H](c1c(F)cccc1F)N(C)C. The Morgan fingerprint density at radius 2 is 1.79 bits per heavy atom. The number of benzene rings is 1. The molecule has 0 spiro atoms. The molecule has 2 atom stereocenters. The largest absolute Gasteiger partial charge is 0.361 e. The monoisotopic (exact) mass is 337 g/mol. The first-order chi connectivity index (χ1) is 11.2.